The van der Waals surface area contributed by atoms with Crippen LogP contribution in [0.5, 0.6) is 0 Å². The lowest BCUT2D eigenvalue weighted by Gasteiger charge is -2.30. The van der Waals surface area contributed by atoms with Crippen LogP contribution in [-0.4, -0.2) is 27.8 Å². The Morgan fingerprint density at radius 3 is 2.88 bits per heavy atom. The number of nitrogens with zero attached hydrogens (tertiary/aromatic N) is 1. The third-order valence-electron chi connectivity index (χ3n) is 4.70. The van der Waals surface area contributed by atoms with Gasteiger partial charge in [0, 0.05) is 22.5 Å². The van der Waals surface area contributed by atoms with Crippen molar-refractivity contribution in [2.75, 3.05) is 5.75 Å². The van der Waals surface area contributed by atoms with E-state index in [1.807, 2.05) is 30.3 Å². The summed E-state index contributed by atoms with van der Waals surface area (Å²) in [6, 6.07) is 10.3. The van der Waals surface area contributed by atoms with Crippen molar-refractivity contribution in [3.63, 3.8) is 0 Å². The Morgan fingerprint density at radius 2 is 2.04 bits per heavy atom. The minimum absolute atomic E-state index is 0.122. The maximum atomic E-state index is 12.1. The minimum atomic E-state index is -0.122. The quantitative estimate of drug-likeness (QED) is 0.424. The van der Waals surface area contributed by atoms with Crippen molar-refractivity contribution in [2.24, 2.45) is 5.92 Å². The highest BCUT2D eigenvalue weighted by Crippen LogP contribution is 2.26. The van der Waals surface area contributed by atoms with E-state index in [0.717, 1.165) is 22.2 Å². The monoisotopic (exact) mass is 388 g/mol. The summed E-state index contributed by atoms with van der Waals surface area (Å²) >= 11 is 6.76. The molecule has 1 saturated carbocycles. The molecule has 3 rings (SSSR count). The number of rotatable bonds is 4. The molecule has 26 heavy (non-hydrogen) atoms. The van der Waals surface area contributed by atoms with Gasteiger partial charge >= 0.3 is 0 Å². The van der Waals surface area contributed by atoms with E-state index in [2.05, 4.69) is 28.1 Å². The highest BCUT2D eigenvalue weighted by Gasteiger charge is 2.21. The maximum absolute atomic E-state index is 12.1. The zero-order valence-corrected chi connectivity index (χ0v) is 16.5. The van der Waals surface area contributed by atoms with E-state index < -0.39 is 0 Å². The number of carbonyl (C=O) groups excluding carboxylic acids is 1. The number of carbonyl (C=O) groups is 1. The zero-order chi connectivity index (χ0) is 18.4. The smallest absolute Gasteiger partial charge is 0.248 e. The fourth-order valence-electron chi connectivity index (χ4n) is 3.23. The lowest BCUT2D eigenvalue weighted by atomic mass is 9.86. The normalized spacial score (nSPS) is 19.7. The van der Waals surface area contributed by atoms with Gasteiger partial charge in [-0.25, -0.2) is 0 Å². The van der Waals surface area contributed by atoms with E-state index in [0.29, 0.717) is 22.8 Å². The summed E-state index contributed by atoms with van der Waals surface area (Å²) in [5.41, 5.74) is 6.41. The molecule has 1 amide bonds. The summed E-state index contributed by atoms with van der Waals surface area (Å²) in [6.45, 7) is 2.24. The Morgan fingerprint density at radius 1 is 1.23 bits per heavy atom. The van der Waals surface area contributed by atoms with Gasteiger partial charge in [0.05, 0.1) is 11.3 Å². The second-order valence-corrected chi connectivity index (χ2v) is 8.06. The number of aromatic nitrogens is 1. The van der Waals surface area contributed by atoms with Gasteiger partial charge in [0.2, 0.25) is 5.91 Å². The predicted octanol–water partition coefficient (Wildman–Crippen LogP) is 3.40. The first-order chi connectivity index (χ1) is 12.6. The Balaban J connectivity index is 1.44. The number of benzene rings is 1. The molecule has 0 bridgehead atoms. The molecular formula is C19H24N4OS2. The van der Waals surface area contributed by atoms with Gasteiger partial charge < -0.3 is 5.32 Å². The first kappa shape index (κ1) is 18.9. The highest BCUT2D eigenvalue weighted by molar-refractivity contribution is 8.00. The number of para-hydroxylation sites is 1. The fourth-order valence-corrected chi connectivity index (χ4v) is 4.28. The molecule has 1 aliphatic rings. The molecule has 1 heterocycles. The third-order valence-corrected chi connectivity index (χ3v) is 5.96. The van der Waals surface area contributed by atoms with Crippen LogP contribution >= 0.6 is 24.0 Å². The van der Waals surface area contributed by atoms with Crippen molar-refractivity contribution in [3.8, 4) is 0 Å². The fraction of sp³-hybridized carbons (Fsp3) is 0.421. The second-order valence-electron chi connectivity index (χ2n) is 6.63. The van der Waals surface area contributed by atoms with Gasteiger partial charge in [-0.15, -0.1) is 11.8 Å². The van der Waals surface area contributed by atoms with E-state index in [-0.39, 0.29) is 5.91 Å². The topological polar surface area (TPSA) is 66.0 Å². The Hall–Kier alpha value is -1.86. The Labute approximate surface area is 163 Å². The van der Waals surface area contributed by atoms with Crippen LogP contribution in [-0.2, 0) is 4.79 Å². The van der Waals surface area contributed by atoms with Crippen LogP contribution in [0.25, 0.3) is 10.9 Å². The first-order valence-electron chi connectivity index (χ1n) is 8.95. The molecule has 7 heteroatoms. The van der Waals surface area contributed by atoms with Crippen LogP contribution in [0.4, 0.5) is 0 Å². The number of amides is 1. The van der Waals surface area contributed by atoms with Gasteiger partial charge in [-0.2, -0.15) is 0 Å². The van der Waals surface area contributed by atoms with Crippen molar-refractivity contribution in [2.45, 2.75) is 43.5 Å². The number of hydrogen-bond donors (Lipinski definition) is 3. The number of hydrogen-bond acceptors (Lipinski definition) is 4. The largest absolute Gasteiger partial charge is 0.358 e. The Bertz CT molecular complexity index is 778. The maximum Gasteiger partial charge on any atom is 0.248 e. The summed E-state index contributed by atoms with van der Waals surface area (Å²) in [7, 11) is 0. The van der Waals surface area contributed by atoms with E-state index in [1.54, 1.807) is 6.20 Å². The average molecular weight is 389 g/mol. The van der Waals surface area contributed by atoms with Gasteiger partial charge in [0.15, 0.2) is 5.11 Å². The van der Waals surface area contributed by atoms with E-state index >= 15 is 0 Å². The van der Waals surface area contributed by atoms with E-state index in [1.165, 1.54) is 31.0 Å². The third kappa shape index (κ3) is 5.08. The van der Waals surface area contributed by atoms with Crippen molar-refractivity contribution in [1.29, 1.82) is 0 Å². The SMILES string of the molecule is C[C@@H]1CCCC[C@H]1NC(=S)NNC(=O)CSc1cccc2cccnc12. The standard InChI is InChI=1S/C19H24N4OS2/c1-13-6-2-3-9-15(13)21-19(25)23-22-17(24)12-26-16-10-4-7-14-8-5-11-20-18(14)16/h4-5,7-8,10-11,13,15H,2-3,6,9,12H2,1H3,(H,22,24)(H2,21,23,25)/t13-,15-/m1/s1. The molecule has 5 nitrogen and oxygen atoms in total. The van der Waals surface area contributed by atoms with Gasteiger partial charge in [0.1, 0.15) is 0 Å². The van der Waals surface area contributed by atoms with Crippen LogP contribution in [0.3, 0.4) is 0 Å². The lowest BCUT2D eigenvalue weighted by molar-refractivity contribution is -0.119. The number of fused-ring (bicyclic) bond motifs is 1. The van der Waals surface area contributed by atoms with Crippen LogP contribution in [0.2, 0.25) is 0 Å². The van der Waals surface area contributed by atoms with Crippen molar-refractivity contribution < 1.29 is 4.79 Å². The number of thiocarbonyl (C=S) groups is 1. The first-order valence-corrected chi connectivity index (χ1v) is 10.3. The summed E-state index contributed by atoms with van der Waals surface area (Å²) in [6.07, 6.45) is 6.64. The summed E-state index contributed by atoms with van der Waals surface area (Å²) in [5, 5.41) is 4.86. The van der Waals surface area contributed by atoms with Crippen LogP contribution < -0.4 is 16.2 Å². The van der Waals surface area contributed by atoms with Crippen molar-refractivity contribution in [3.05, 3.63) is 36.5 Å². The van der Waals surface area contributed by atoms with Crippen LogP contribution in [0.1, 0.15) is 32.6 Å². The molecule has 0 radical (unpaired) electrons. The molecule has 0 aliphatic heterocycles. The molecule has 0 unspecified atom stereocenters. The lowest BCUT2D eigenvalue weighted by Crippen LogP contribution is -2.52. The molecular weight excluding hydrogens is 364 g/mol. The molecule has 0 saturated heterocycles. The summed E-state index contributed by atoms with van der Waals surface area (Å²) in [5.74, 6) is 0.780. The molecule has 3 N–H and O–H groups in total. The average Bonchev–Trinajstić information content (AvgIpc) is 2.66. The van der Waals surface area contributed by atoms with Gasteiger partial charge in [-0.1, -0.05) is 38.0 Å². The van der Waals surface area contributed by atoms with Crippen molar-refractivity contribution >= 4 is 45.9 Å². The molecule has 1 aromatic heterocycles. The molecule has 1 aliphatic carbocycles. The zero-order valence-electron chi connectivity index (χ0n) is 14.8. The van der Waals surface area contributed by atoms with Crippen molar-refractivity contribution in [1.82, 2.24) is 21.2 Å². The number of pyridine rings is 1. The highest BCUT2D eigenvalue weighted by atomic mass is 32.2. The predicted molar refractivity (Wildman–Crippen MR) is 111 cm³/mol. The van der Waals surface area contributed by atoms with Gasteiger partial charge in [-0.3, -0.25) is 20.6 Å². The van der Waals surface area contributed by atoms with E-state index in [9.17, 15) is 4.79 Å². The molecule has 2 atom stereocenters. The second kappa shape index (κ2) is 9.19. The summed E-state index contributed by atoms with van der Waals surface area (Å²) < 4.78 is 0. The molecule has 2 aromatic rings. The number of nitrogens with one attached hydrogen (secondary N) is 3. The van der Waals surface area contributed by atoms with E-state index in [4.69, 9.17) is 12.2 Å². The molecule has 0 spiro atoms. The van der Waals surface area contributed by atoms with Crippen LogP contribution in [0, 0.1) is 5.92 Å². The molecule has 1 fully saturated rings. The molecule has 138 valence electrons. The Kier molecular flexibility index (Phi) is 6.68. The summed E-state index contributed by atoms with van der Waals surface area (Å²) in [4.78, 5) is 17.5. The number of hydrazine groups is 1. The molecule has 1 aromatic carbocycles. The van der Waals surface area contributed by atoms with Gasteiger partial charge in [0.25, 0.3) is 0 Å². The number of thioether (sulfide) groups is 1. The van der Waals surface area contributed by atoms with Gasteiger partial charge in [-0.05, 0) is 43.1 Å². The minimum Gasteiger partial charge on any atom is -0.358 e. The van der Waals surface area contributed by atoms with Crippen LogP contribution in [0.15, 0.2) is 41.4 Å².